The van der Waals surface area contributed by atoms with E-state index >= 15 is 0 Å². The molecule has 2 aliphatic rings. The molecule has 0 bridgehead atoms. The number of nitrogens with one attached hydrogen (secondary N) is 3. The Kier molecular flexibility index (Phi) is 13.7. The van der Waals surface area contributed by atoms with Crippen molar-refractivity contribution in [3.05, 3.63) is 24.3 Å². The highest BCUT2D eigenvalue weighted by atomic mass is 16.5. The fourth-order valence-corrected chi connectivity index (χ4v) is 4.46. The van der Waals surface area contributed by atoms with Crippen molar-refractivity contribution in [2.24, 2.45) is 11.8 Å². The van der Waals surface area contributed by atoms with E-state index in [0.717, 1.165) is 66.4 Å². The predicted octanol–water partition coefficient (Wildman–Crippen LogP) is 5.32. The molecule has 1 aliphatic carbocycles. The van der Waals surface area contributed by atoms with Crippen molar-refractivity contribution in [1.82, 2.24) is 25.3 Å². The van der Waals surface area contributed by atoms with Crippen LogP contribution in [0, 0.1) is 23.2 Å². The van der Waals surface area contributed by atoms with Gasteiger partial charge >= 0.3 is 0 Å². The van der Waals surface area contributed by atoms with E-state index in [4.69, 9.17) is 10.00 Å². The standard InChI is InChI=1S/C10H8N4O.C8H13N.C7H15NO.C2H6/c15-4-2-8-13-7-5-12-10-6(1-3-11-10)9(7)14-8;9-7-6-8-4-2-1-3-5-8;1-8-6-7-2-4-9-5-3-7;1-2/h1,3-5H,2H2,(H,11,12)(H,13,14);8H,1-6H2;7-8H,2-6H2,1H3;1-2H3. The van der Waals surface area contributed by atoms with Crippen LogP contribution in [0.1, 0.15) is 71.0 Å². The lowest BCUT2D eigenvalue weighted by molar-refractivity contribution is -0.107. The highest BCUT2D eigenvalue weighted by molar-refractivity contribution is 6.00. The Bertz CT molecular complexity index is 1010. The molecule has 0 radical (unpaired) electrons. The SMILES string of the molecule is CC.CNCC1CCOCC1.N#CCC1CCCCC1.O=CCc1nc2c(cnc3[nH]ccc32)[nH]1. The highest BCUT2D eigenvalue weighted by Crippen LogP contribution is 2.25. The monoisotopic (exact) mass is 482 g/mol. The minimum atomic E-state index is 0.306. The van der Waals surface area contributed by atoms with Gasteiger partial charge in [-0.05, 0) is 57.2 Å². The first-order chi connectivity index (χ1) is 17.2. The van der Waals surface area contributed by atoms with E-state index in [-0.39, 0.29) is 0 Å². The molecule has 0 aromatic carbocycles. The van der Waals surface area contributed by atoms with Gasteiger partial charge in [-0.3, -0.25) is 0 Å². The van der Waals surface area contributed by atoms with E-state index < -0.39 is 0 Å². The number of hydrogen-bond donors (Lipinski definition) is 3. The lowest BCUT2D eigenvalue weighted by Crippen LogP contribution is -2.25. The predicted molar refractivity (Wildman–Crippen MR) is 141 cm³/mol. The quantitative estimate of drug-likeness (QED) is 0.423. The molecular weight excluding hydrogens is 440 g/mol. The summed E-state index contributed by atoms with van der Waals surface area (Å²) >= 11 is 0. The number of nitrogens with zero attached hydrogens (tertiary/aromatic N) is 3. The Morgan fingerprint density at radius 3 is 2.57 bits per heavy atom. The first-order valence-corrected chi connectivity index (χ1v) is 13.1. The van der Waals surface area contributed by atoms with Crippen molar-refractivity contribution < 1.29 is 9.53 Å². The summed E-state index contributed by atoms with van der Waals surface area (Å²) < 4.78 is 5.22. The van der Waals surface area contributed by atoms with Gasteiger partial charge in [0, 0.05) is 31.2 Å². The molecule has 8 heteroatoms. The van der Waals surface area contributed by atoms with Gasteiger partial charge in [-0.2, -0.15) is 5.26 Å². The molecule has 1 saturated carbocycles. The fraction of sp³-hybridized carbons (Fsp3) is 0.630. The van der Waals surface area contributed by atoms with Gasteiger partial charge in [0.2, 0.25) is 0 Å². The highest BCUT2D eigenvalue weighted by Gasteiger charge is 2.12. The first kappa shape index (κ1) is 28.5. The minimum Gasteiger partial charge on any atom is -0.381 e. The summed E-state index contributed by atoms with van der Waals surface area (Å²) in [5, 5.41) is 12.5. The van der Waals surface area contributed by atoms with Gasteiger partial charge in [0.1, 0.15) is 23.3 Å². The van der Waals surface area contributed by atoms with E-state index in [1.807, 2.05) is 33.2 Å². The van der Waals surface area contributed by atoms with E-state index in [2.05, 4.69) is 31.3 Å². The Morgan fingerprint density at radius 2 is 1.91 bits per heavy atom. The molecule has 4 heterocycles. The van der Waals surface area contributed by atoms with Crippen molar-refractivity contribution in [2.45, 2.75) is 71.6 Å². The third kappa shape index (κ3) is 9.42. The zero-order valence-electron chi connectivity index (χ0n) is 21.6. The Balaban J connectivity index is 0.000000189. The number of ether oxygens (including phenoxy) is 1. The third-order valence-electron chi connectivity index (χ3n) is 6.30. The van der Waals surface area contributed by atoms with Crippen LogP contribution in [0.2, 0.25) is 0 Å². The first-order valence-electron chi connectivity index (χ1n) is 13.1. The number of imidazole rings is 1. The summed E-state index contributed by atoms with van der Waals surface area (Å²) in [4.78, 5) is 25.0. The molecular formula is C27H42N6O2. The number of rotatable bonds is 5. The van der Waals surface area contributed by atoms with E-state index in [1.54, 1.807) is 6.20 Å². The summed E-state index contributed by atoms with van der Waals surface area (Å²) in [5.41, 5.74) is 2.53. The van der Waals surface area contributed by atoms with Gasteiger partial charge in [-0.1, -0.05) is 33.1 Å². The van der Waals surface area contributed by atoms with Gasteiger partial charge in [0.25, 0.3) is 0 Å². The summed E-state index contributed by atoms with van der Waals surface area (Å²) in [6, 6.07) is 4.16. The number of H-pyrrole nitrogens is 2. The topological polar surface area (TPSA) is 119 Å². The van der Waals surface area contributed by atoms with Crippen LogP contribution >= 0.6 is 0 Å². The van der Waals surface area contributed by atoms with Crippen LogP contribution in [0.3, 0.4) is 0 Å². The number of aromatic amines is 2. The van der Waals surface area contributed by atoms with Crippen molar-refractivity contribution in [3.63, 3.8) is 0 Å². The van der Waals surface area contributed by atoms with Crippen LogP contribution in [0.5, 0.6) is 0 Å². The van der Waals surface area contributed by atoms with Crippen molar-refractivity contribution in [1.29, 1.82) is 5.26 Å². The van der Waals surface area contributed by atoms with Gasteiger partial charge in [-0.25, -0.2) is 9.97 Å². The number of pyridine rings is 1. The van der Waals surface area contributed by atoms with Crippen LogP contribution in [0.25, 0.3) is 22.1 Å². The molecule has 0 spiro atoms. The summed E-state index contributed by atoms with van der Waals surface area (Å²) in [6.07, 6.45) is 14.6. The normalized spacial score (nSPS) is 16.2. The smallest absolute Gasteiger partial charge is 0.139 e. The number of aromatic nitrogens is 4. The minimum absolute atomic E-state index is 0.306. The van der Waals surface area contributed by atoms with Crippen molar-refractivity contribution >= 4 is 28.4 Å². The number of carbonyl (C=O) groups excluding carboxylic acids is 1. The zero-order chi connectivity index (χ0) is 25.3. The maximum atomic E-state index is 10.4. The lowest BCUT2D eigenvalue weighted by atomic mass is 9.87. The molecule has 192 valence electrons. The van der Waals surface area contributed by atoms with Crippen LogP contribution in [-0.2, 0) is 16.0 Å². The second-order valence-corrected chi connectivity index (χ2v) is 8.79. The molecule has 1 saturated heterocycles. The fourth-order valence-electron chi connectivity index (χ4n) is 4.46. The van der Waals surface area contributed by atoms with Crippen molar-refractivity contribution in [3.8, 4) is 6.07 Å². The van der Waals surface area contributed by atoms with Gasteiger partial charge in [0.15, 0.2) is 0 Å². The molecule has 0 amide bonds. The van der Waals surface area contributed by atoms with Crippen LogP contribution in [0.4, 0.5) is 0 Å². The second-order valence-electron chi connectivity index (χ2n) is 8.79. The molecule has 1 aliphatic heterocycles. The van der Waals surface area contributed by atoms with E-state index in [9.17, 15) is 4.79 Å². The summed E-state index contributed by atoms with van der Waals surface area (Å²) in [7, 11) is 2.01. The number of nitriles is 1. The van der Waals surface area contributed by atoms with Gasteiger partial charge in [-0.15, -0.1) is 0 Å². The largest absolute Gasteiger partial charge is 0.381 e. The molecule has 3 aromatic rings. The average molecular weight is 483 g/mol. The molecule has 3 N–H and O–H groups in total. The Morgan fingerprint density at radius 1 is 1.17 bits per heavy atom. The number of aldehydes is 1. The van der Waals surface area contributed by atoms with Gasteiger partial charge < -0.3 is 24.8 Å². The second kappa shape index (κ2) is 16.8. The summed E-state index contributed by atoms with van der Waals surface area (Å²) in [6.45, 7) is 7.09. The lowest BCUT2D eigenvalue weighted by Gasteiger charge is -2.21. The molecule has 0 atom stereocenters. The maximum Gasteiger partial charge on any atom is 0.139 e. The van der Waals surface area contributed by atoms with E-state index in [0.29, 0.717) is 12.2 Å². The third-order valence-corrected chi connectivity index (χ3v) is 6.30. The number of fused-ring (bicyclic) bond motifs is 3. The number of hydrogen-bond acceptors (Lipinski definition) is 6. The molecule has 35 heavy (non-hydrogen) atoms. The zero-order valence-corrected chi connectivity index (χ0v) is 21.6. The molecule has 2 fully saturated rings. The van der Waals surface area contributed by atoms with Crippen LogP contribution in [-0.4, -0.2) is 53.0 Å². The molecule has 0 unspecified atom stereocenters. The van der Waals surface area contributed by atoms with Crippen LogP contribution < -0.4 is 5.32 Å². The summed E-state index contributed by atoms with van der Waals surface area (Å²) in [5.74, 6) is 2.28. The van der Waals surface area contributed by atoms with E-state index in [1.165, 1.54) is 44.9 Å². The van der Waals surface area contributed by atoms with Crippen LogP contribution in [0.15, 0.2) is 18.5 Å². The average Bonchev–Trinajstić information content (AvgIpc) is 3.55. The Labute approximate surface area is 209 Å². The molecule has 3 aromatic heterocycles. The molecule has 8 nitrogen and oxygen atoms in total. The van der Waals surface area contributed by atoms with Gasteiger partial charge in [0.05, 0.1) is 24.2 Å². The van der Waals surface area contributed by atoms with Crippen molar-refractivity contribution in [2.75, 3.05) is 26.8 Å². The maximum absolute atomic E-state index is 10.4. The molecule has 5 rings (SSSR count). The number of carbonyl (C=O) groups is 1. The Hall–Kier alpha value is -2.76.